The van der Waals surface area contributed by atoms with Gasteiger partial charge in [0.2, 0.25) is 0 Å². The number of nitrogens with zero attached hydrogens (tertiary/aromatic N) is 2. The number of hydrogen-bond donors (Lipinski definition) is 1. The van der Waals surface area contributed by atoms with E-state index in [1.807, 2.05) is 56.4 Å². The molecule has 0 radical (unpaired) electrons. The molecule has 1 N–H and O–H groups in total. The van der Waals surface area contributed by atoms with Crippen LogP contribution in [0.1, 0.15) is 25.3 Å². The molecule has 6 heteroatoms. The highest BCUT2D eigenvalue weighted by Gasteiger charge is 2.35. The Kier molecular flexibility index (Phi) is 6.16. The number of anilines is 1. The molecule has 1 unspecified atom stereocenters. The predicted octanol–water partition coefficient (Wildman–Crippen LogP) is 3.37. The van der Waals surface area contributed by atoms with Crippen LogP contribution in [-0.2, 0) is 9.53 Å². The fraction of sp³-hybridized carbons (Fsp3) is 0.368. The van der Waals surface area contributed by atoms with Crippen molar-refractivity contribution in [2.75, 3.05) is 31.9 Å². The summed E-state index contributed by atoms with van der Waals surface area (Å²) < 4.78 is 5.24. The molecule has 25 heavy (non-hydrogen) atoms. The fourth-order valence-corrected chi connectivity index (χ4v) is 3.49. The van der Waals surface area contributed by atoms with Crippen LogP contribution in [0.4, 0.5) is 5.69 Å². The van der Waals surface area contributed by atoms with Gasteiger partial charge in [0, 0.05) is 25.5 Å². The van der Waals surface area contributed by atoms with Gasteiger partial charge in [-0.05, 0) is 37.8 Å². The number of esters is 1. The number of thioether (sulfide) groups is 1. The van der Waals surface area contributed by atoms with Gasteiger partial charge >= 0.3 is 5.97 Å². The Bertz CT molecular complexity index is 758. The molecule has 1 aliphatic heterocycles. The van der Waals surface area contributed by atoms with Crippen molar-refractivity contribution in [1.29, 1.82) is 5.26 Å². The van der Waals surface area contributed by atoms with Crippen LogP contribution >= 0.6 is 11.8 Å². The number of dihydropyridines is 1. The van der Waals surface area contributed by atoms with Crippen LogP contribution in [-0.4, -0.2) is 32.9 Å². The summed E-state index contributed by atoms with van der Waals surface area (Å²) in [4.78, 5) is 14.6. The molecule has 5 nitrogen and oxygen atoms in total. The maximum absolute atomic E-state index is 12.6. The average molecular weight is 357 g/mol. The summed E-state index contributed by atoms with van der Waals surface area (Å²) in [5.41, 5.74) is 3.72. The Balaban J connectivity index is 2.59. The molecular formula is C19H23N3O2S. The van der Waals surface area contributed by atoms with Crippen molar-refractivity contribution < 1.29 is 9.53 Å². The van der Waals surface area contributed by atoms with E-state index in [2.05, 4.69) is 11.4 Å². The zero-order valence-corrected chi connectivity index (χ0v) is 16.0. The fourth-order valence-electron chi connectivity index (χ4n) is 2.85. The Morgan fingerprint density at radius 2 is 2.00 bits per heavy atom. The summed E-state index contributed by atoms with van der Waals surface area (Å²) in [5, 5.41) is 13.7. The first-order valence-electron chi connectivity index (χ1n) is 8.05. The summed E-state index contributed by atoms with van der Waals surface area (Å²) in [6, 6.07) is 10.2. The van der Waals surface area contributed by atoms with Crippen LogP contribution in [0.25, 0.3) is 0 Å². The van der Waals surface area contributed by atoms with Gasteiger partial charge < -0.3 is 15.0 Å². The minimum Gasteiger partial charge on any atom is -0.463 e. The van der Waals surface area contributed by atoms with E-state index in [-0.39, 0.29) is 5.97 Å². The number of rotatable bonds is 5. The number of nitriles is 1. The Morgan fingerprint density at radius 1 is 1.36 bits per heavy atom. The van der Waals surface area contributed by atoms with E-state index in [0.29, 0.717) is 17.8 Å². The van der Waals surface area contributed by atoms with Gasteiger partial charge in [0.1, 0.15) is 0 Å². The van der Waals surface area contributed by atoms with Crippen LogP contribution in [0.2, 0.25) is 0 Å². The average Bonchev–Trinajstić information content (AvgIpc) is 2.60. The van der Waals surface area contributed by atoms with Gasteiger partial charge in [-0.1, -0.05) is 12.1 Å². The molecule has 0 bridgehead atoms. The van der Waals surface area contributed by atoms with Gasteiger partial charge in [0.25, 0.3) is 0 Å². The van der Waals surface area contributed by atoms with Crippen LogP contribution in [0.3, 0.4) is 0 Å². The third-order valence-corrected chi connectivity index (χ3v) is 4.82. The number of hydrogen-bond acceptors (Lipinski definition) is 6. The van der Waals surface area contributed by atoms with E-state index in [4.69, 9.17) is 4.74 Å². The molecule has 0 spiro atoms. The van der Waals surface area contributed by atoms with Crippen LogP contribution in [0.15, 0.2) is 46.1 Å². The SMILES string of the molecule is CCOC(=O)C1=C(C)NC(SC)=C(C#N)C1c1ccc(N(C)C)cc1. The quantitative estimate of drug-likeness (QED) is 0.815. The lowest BCUT2D eigenvalue weighted by Crippen LogP contribution is -2.28. The third kappa shape index (κ3) is 3.83. The first kappa shape index (κ1) is 18.9. The minimum absolute atomic E-state index is 0.295. The highest BCUT2D eigenvalue weighted by atomic mass is 32.2. The van der Waals surface area contributed by atoms with E-state index in [0.717, 1.165) is 22.0 Å². The zero-order chi connectivity index (χ0) is 18.6. The third-order valence-electron chi connectivity index (χ3n) is 4.09. The Morgan fingerprint density at radius 3 is 2.48 bits per heavy atom. The van der Waals surface area contributed by atoms with Crippen LogP contribution in [0.5, 0.6) is 0 Å². The Labute approximate surface area is 153 Å². The van der Waals surface area contributed by atoms with Crippen LogP contribution < -0.4 is 10.2 Å². The highest BCUT2D eigenvalue weighted by Crippen LogP contribution is 2.40. The number of benzene rings is 1. The summed E-state index contributed by atoms with van der Waals surface area (Å²) in [6.45, 7) is 3.92. The normalized spacial score (nSPS) is 17.0. The molecule has 1 atom stereocenters. The molecular weight excluding hydrogens is 334 g/mol. The molecule has 0 saturated carbocycles. The largest absolute Gasteiger partial charge is 0.463 e. The van der Waals surface area contributed by atoms with Gasteiger partial charge in [-0.15, -0.1) is 11.8 Å². The van der Waals surface area contributed by atoms with E-state index < -0.39 is 5.92 Å². The number of carbonyl (C=O) groups excluding carboxylic acids is 1. The molecule has 0 aliphatic carbocycles. The second-order valence-electron chi connectivity index (χ2n) is 5.86. The topological polar surface area (TPSA) is 65.4 Å². The smallest absolute Gasteiger partial charge is 0.336 e. The van der Waals surface area contributed by atoms with Crippen molar-refractivity contribution in [3.63, 3.8) is 0 Å². The molecule has 1 heterocycles. The van der Waals surface area contributed by atoms with Crippen molar-refractivity contribution in [1.82, 2.24) is 5.32 Å². The second kappa shape index (κ2) is 8.13. The molecule has 0 aromatic heterocycles. The van der Waals surface area contributed by atoms with Gasteiger partial charge in [-0.3, -0.25) is 0 Å². The summed E-state index contributed by atoms with van der Waals surface area (Å²) in [7, 11) is 3.94. The second-order valence-corrected chi connectivity index (χ2v) is 6.68. The summed E-state index contributed by atoms with van der Waals surface area (Å²) in [5.74, 6) is -0.814. The van der Waals surface area contributed by atoms with E-state index in [1.54, 1.807) is 6.92 Å². The number of nitrogens with one attached hydrogen (secondary N) is 1. The first-order chi connectivity index (χ1) is 11.9. The molecule has 1 aromatic rings. The van der Waals surface area contributed by atoms with Crippen molar-refractivity contribution in [2.45, 2.75) is 19.8 Å². The molecule has 0 amide bonds. The van der Waals surface area contributed by atoms with Crippen molar-refractivity contribution in [3.8, 4) is 6.07 Å². The number of carbonyl (C=O) groups is 1. The molecule has 1 aliphatic rings. The van der Waals surface area contributed by atoms with Gasteiger partial charge in [0.15, 0.2) is 0 Å². The van der Waals surface area contributed by atoms with Crippen molar-refractivity contribution in [3.05, 3.63) is 51.7 Å². The lowest BCUT2D eigenvalue weighted by atomic mass is 9.82. The zero-order valence-electron chi connectivity index (χ0n) is 15.2. The van der Waals surface area contributed by atoms with Gasteiger partial charge in [-0.25, -0.2) is 4.79 Å². The summed E-state index contributed by atoms with van der Waals surface area (Å²) in [6.07, 6.45) is 1.91. The molecule has 2 rings (SSSR count). The van der Waals surface area contributed by atoms with Crippen LogP contribution in [0, 0.1) is 11.3 Å². The van der Waals surface area contributed by atoms with E-state index in [9.17, 15) is 10.1 Å². The standard InChI is InChI=1S/C19H23N3O2S/c1-6-24-19(23)16-12(2)21-18(25-5)15(11-20)17(16)13-7-9-14(10-8-13)22(3)4/h7-10,17,21H,6H2,1-5H3. The monoisotopic (exact) mass is 357 g/mol. The first-order valence-corrected chi connectivity index (χ1v) is 9.27. The van der Waals surface area contributed by atoms with E-state index >= 15 is 0 Å². The summed E-state index contributed by atoms with van der Waals surface area (Å²) >= 11 is 1.47. The van der Waals surface area contributed by atoms with Gasteiger partial charge in [-0.2, -0.15) is 5.26 Å². The maximum atomic E-state index is 12.6. The highest BCUT2D eigenvalue weighted by molar-refractivity contribution is 8.02. The molecule has 132 valence electrons. The number of allylic oxidation sites excluding steroid dienone is 2. The van der Waals surface area contributed by atoms with Crippen molar-refractivity contribution in [2.24, 2.45) is 0 Å². The number of ether oxygens (including phenoxy) is 1. The molecule has 0 fully saturated rings. The Hall–Kier alpha value is -2.39. The lowest BCUT2D eigenvalue weighted by Gasteiger charge is -2.29. The maximum Gasteiger partial charge on any atom is 0.336 e. The predicted molar refractivity (Wildman–Crippen MR) is 102 cm³/mol. The lowest BCUT2D eigenvalue weighted by molar-refractivity contribution is -0.138. The van der Waals surface area contributed by atoms with Gasteiger partial charge in [0.05, 0.1) is 34.8 Å². The minimum atomic E-state index is -0.427. The molecule has 0 saturated heterocycles. The van der Waals surface area contributed by atoms with E-state index in [1.165, 1.54) is 11.8 Å². The molecule has 1 aromatic carbocycles. The van der Waals surface area contributed by atoms with Crippen molar-refractivity contribution >= 4 is 23.4 Å².